The average Bonchev–Trinajstić information content (AvgIpc) is 3.00. The molecule has 4 nitrogen and oxygen atoms in total. The third kappa shape index (κ3) is 21.8. The third-order valence-corrected chi connectivity index (χ3v) is 8.39. The Morgan fingerprint density at radius 1 is 0.365 bits per heavy atom. The fourth-order valence-corrected chi connectivity index (χ4v) is 4.36. The van der Waals surface area contributed by atoms with E-state index in [2.05, 4.69) is 197 Å². The monoisotopic (exact) mass is 719 g/mol. The summed E-state index contributed by atoms with van der Waals surface area (Å²) >= 11 is 0. The molecule has 0 radical (unpaired) electrons. The van der Waals surface area contributed by atoms with Gasteiger partial charge in [-0.15, -0.1) is 0 Å². The Kier molecular flexibility index (Phi) is 20.2. The van der Waals surface area contributed by atoms with Crippen LogP contribution in [-0.2, 0) is 42.1 Å². The third-order valence-electron chi connectivity index (χ3n) is 8.39. The highest BCUT2D eigenvalue weighted by atomic mass is 16.4. The highest BCUT2D eigenvalue weighted by molar-refractivity contribution is 5.66. The predicted molar refractivity (Wildman–Crippen MR) is 227 cm³/mol. The first-order chi connectivity index (χ1) is 23.2. The van der Waals surface area contributed by atoms with Crippen LogP contribution in [0.15, 0.2) is 72.8 Å². The number of aliphatic carboxylic acids is 2. The molecular weight excluding hydrogens is 641 g/mol. The van der Waals surface area contributed by atoms with E-state index in [1.54, 1.807) is 13.8 Å². The molecule has 0 spiro atoms. The highest BCUT2D eigenvalue weighted by Crippen LogP contribution is 2.30. The van der Waals surface area contributed by atoms with E-state index >= 15 is 0 Å². The number of benzene rings is 3. The number of rotatable bonds is 2. The van der Waals surface area contributed by atoms with Gasteiger partial charge in [-0.3, -0.25) is 9.59 Å². The van der Waals surface area contributed by atoms with E-state index in [1.807, 2.05) is 0 Å². The van der Waals surface area contributed by atoms with Gasteiger partial charge in [0, 0.05) is 12.8 Å². The lowest BCUT2D eigenvalue weighted by Crippen LogP contribution is -2.15. The fraction of sp³-hybridized carbons (Fsp3) is 0.583. The summed E-state index contributed by atoms with van der Waals surface area (Å²) in [5, 5.41) is 15.4. The lowest BCUT2D eigenvalue weighted by atomic mass is 9.81. The quantitative estimate of drug-likeness (QED) is 0.277. The lowest BCUT2D eigenvalue weighted by molar-refractivity contribution is -0.137. The Morgan fingerprint density at radius 3 is 0.558 bits per heavy atom. The minimum Gasteiger partial charge on any atom is -0.481 e. The molecule has 0 heterocycles. The van der Waals surface area contributed by atoms with Gasteiger partial charge in [0.15, 0.2) is 0 Å². The highest BCUT2D eigenvalue weighted by Gasteiger charge is 2.20. The van der Waals surface area contributed by atoms with E-state index in [0.717, 1.165) is 0 Å². The summed E-state index contributed by atoms with van der Waals surface area (Å²) in [6.07, 6.45) is 0.444. The van der Waals surface area contributed by atoms with Crippen LogP contribution in [0, 0.1) is 0 Å². The SMILES string of the molecule is CC(C)(C)c1cccc(C(C)(C)C)c1.CC(C)(C)c1cccc(C(C)(C)C)c1.CC(C)(C)c1cccc(C(C)(C)C)c1.CCC(=O)O.CCC(=O)O. The zero-order valence-corrected chi connectivity index (χ0v) is 37.1. The second kappa shape index (κ2) is 20.7. The molecule has 0 fully saturated rings. The number of hydrogen-bond donors (Lipinski definition) is 2. The first-order valence-corrected chi connectivity index (χ1v) is 18.9. The number of carboxylic acids is 2. The Morgan fingerprint density at radius 2 is 0.481 bits per heavy atom. The van der Waals surface area contributed by atoms with E-state index in [-0.39, 0.29) is 45.3 Å². The summed E-state index contributed by atoms with van der Waals surface area (Å²) in [4.78, 5) is 18.7. The molecule has 0 aliphatic carbocycles. The molecule has 294 valence electrons. The summed E-state index contributed by atoms with van der Waals surface area (Å²) in [5.74, 6) is -1.49. The Bertz CT molecular complexity index is 1220. The summed E-state index contributed by atoms with van der Waals surface area (Å²) < 4.78 is 0. The average molecular weight is 719 g/mol. The molecule has 0 saturated carbocycles. The van der Waals surface area contributed by atoms with Crippen molar-refractivity contribution in [2.75, 3.05) is 0 Å². The summed E-state index contributed by atoms with van der Waals surface area (Å²) in [7, 11) is 0. The molecule has 52 heavy (non-hydrogen) atoms. The van der Waals surface area contributed by atoms with Crippen LogP contribution >= 0.6 is 0 Å². The topological polar surface area (TPSA) is 74.6 Å². The Hall–Kier alpha value is -3.40. The van der Waals surface area contributed by atoms with Crippen molar-refractivity contribution in [1.29, 1.82) is 0 Å². The van der Waals surface area contributed by atoms with Gasteiger partial charge in [0.25, 0.3) is 0 Å². The minimum atomic E-state index is -0.745. The van der Waals surface area contributed by atoms with Crippen molar-refractivity contribution in [2.24, 2.45) is 0 Å². The van der Waals surface area contributed by atoms with E-state index in [0.29, 0.717) is 0 Å². The van der Waals surface area contributed by atoms with Crippen LogP contribution in [0.5, 0.6) is 0 Å². The van der Waals surface area contributed by atoms with Crippen LogP contribution in [0.4, 0.5) is 0 Å². The molecule has 0 amide bonds. The summed E-state index contributed by atoms with van der Waals surface area (Å²) in [5.41, 5.74) is 10.0. The van der Waals surface area contributed by atoms with Gasteiger partial charge in [-0.1, -0.05) is 211 Å². The lowest BCUT2D eigenvalue weighted by Gasteiger charge is -2.24. The molecule has 0 atom stereocenters. The number of carbonyl (C=O) groups is 2. The molecule has 0 aliphatic rings. The van der Waals surface area contributed by atoms with E-state index in [1.165, 1.54) is 33.4 Å². The first kappa shape index (κ1) is 50.7. The standard InChI is InChI=1S/3C14H22.2C3H6O2/c3*1-13(2,3)11-8-7-9-12(10-11)14(4,5)6;2*1-2-3(4)5/h3*7-10H,1-6H3;2*2H2,1H3,(H,4,5). The minimum absolute atomic E-state index is 0.222. The van der Waals surface area contributed by atoms with Crippen LogP contribution < -0.4 is 0 Å². The van der Waals surface area contributed by atoms with Crippen LogP contribution in [0.2, 0.25) is 0 Å². The predicted octanol–water partition coefficient (Wildman–Crippen LogP) is 13.8. The second-order valence-electron chi connectivity index (χ2n) is 19.7. The molecule has 4 heteroatoms. The van der Waals surface area contributed by atoms with Crippen LogP contribution in [0.1, 0.15) is 185 Å². The van der Waals surface area contributed by atoms with Crippen LogP contribution in [-0.4, -0.2) is 22.2 Å². The normalized spacial score (nSPS) is 11.9. The van der Waals surface area contributed by atoms with Crippen molar-refractivity contribution in [2.45, 2.75) is 184 Å². The van der Waals surface area contributed by atoms with Crippen molar-refractivity contribution < 1.29 is 19.8 Å². The van der Waals surface area contributed by atoms with Gasteiger partial charge in [0.05, 0.1) is 0 Å². The van der Waals surface area contributed by atoms with Gasteiger partial charge < -0.3 is 10.2 Å². The summed E-state index contributed by atoms with van der Waals surface area (Å²) in [6.45, 7) is 43.9. The van der Waals surface area contributed by atoms with Gasteiger partial charge in [-0.25, -0.2) is 0 Å². The van der Waals surface area contributed by atoms with Crippen molar-refractivity contribution in [3.8, 4) is 0 Å². The molecule has 0 saturated heterocycles. The van der Waals surface area contributed by atoms with Crippen molar-refractivity contribution in [3.63, 3.8) is 0 Å². The maximum Gasteiger partial charge on any atom is 0.303 e. The first-order valence-electron chi connectivity index (χ1n) is 18.9. The molecule has 0 bridgehead atoms. The Balaban J connectivity index is 0. The maximum atomic E-state index is 9.37. The largest absolute Gasteiger partial charge is 0.481 e. The molecule has 3 aromatic carbocycles. The Labute approximate surface area is 320 Å². The van der Waals surface area contributed by atoms with Gasteiger partial charge in [-0.05, 0) is 65.9 Å². The number of carboxylic acid groups (broad SMARTS) is 2. The zero-order valence-electron chi connectivity index (χ0n) is 37.1. The van der Waals surface area contributed by atoms with Gasteiger partial charge in [0.2, 0.25) is 0 Å². The van der Waals surface area contributed by atoms with Crippen LogP contribution in [0.3, 0.4) is 0 Å². The molecule has 0 aliphatic heterocycles. The molecule has 3 rings (SSSR count). The smallest absolute Gasteiger partial charge is 0.303 e. The van der Waals surface area contributed by atoms with Gasteiger partial charge >= 0.3 is 11.9 Å². The van der Waals surface area contributed by atoms with Crippen molar-refractivity contribution in [3.05, 3.63) is 106 Å². The molecule has 2 N–H and O–H groups in total. The summed E-state index contributed by atoms with van der Waals surface area (Å²) in [6, 6.07) is 26.8. The number of hydrogen-bond acceptors (Lipinski definition) is 2. The maximum absolute atomic E-state index is 9.37. The zero-order chi connectivity index (χ0) is 41.5. The van der Waals surface area contributed by atoms with Crippen molar-refractivity contribution in [1.82, 2.24) is 0 Å². The molecule has 0 aromatic heterocycles. The van der Waals surface area contributed by atoms with E-state index < -0.39 is 11.9 Å². The van der Waals surface area contributed by atoms with Gasteiger partial charge in [-0.2, -0.15) is 0 Å². The molecule has 3 aromatic rings. The van der Waals surface area contributed by atoms with E-state index in [9.17, 15) is 9.59 Å². The molecule has 0 unspecified atom stereocenters. The fourth-order valence-electron chi connectivity index (χ4n) is 4.36. The van der Waals surface area contributed by atoms with E-state index in [4.69, 9.17) is 10.2 Å². The van der Waals surface area contributed by atoms with Gasteiger partial charge in [0.1, 0.15) is 0 Å². The molecular formula is C48H78O4. The second-order valence-corrected chi connectivity index (χ2v) is 19.7. The van der Waals surface area contributed by atoms with Crippen LogP contribution in [0.25, 0.3) is 0 Å². The van der Waals surface area contributed by atoms with Crippen molar-refractivity contribution >= 4 is 11.9 Å².